The van der Waals surface area contributed by atoms with Gasteiger partial charge in [0, 0.05) is 17.1 Å². The van der Waals surface area contributed by atoms with Crippen molar-refractivity contribution in [3.63, 3.8) is 0 Å². The second kappa shape index (κ2) is 47.7. The zero-order chi connectivity index (χ0) is 50.1. The molecule has 0 aliphatic carbocycles. The van der Waals surface area contributed by atoms with E-state index in [4.69, 9.17) is 0 Å². The Hall–Kier alpha value is -2.96. The molecule has 0 radical (unpaired) electrons. The number of carboxylic acids is 2. The molecule has 0 aliphatic rings. The smallest absolute Gasteiger partial charge is 0.104 e. The van der Waals surface area contributed by atoms with E-state index in [0.29, 0.717) is 6.42 Å². The lowest BCUT2D eigenvalue weighted by molar-refractivity contribution is -0.903. The zero-order valence-corrected chi connectivity index (χ0v) is 45.7. The maximum Gasteiger partial charge on any atom is 0.104 e. The van der Waals surface area contributed by atoms with Crippen LogP contribution in [-0.4, -0.2) is 62.2 Å². The summed E-state index contributed by atoms with van der Waals surface area (Å²) in [5.74, 6) is -2.13. The van der Waals surface area contributed by atoms with Gasteiger partial charge in [-0.3, -0.25) is 0 Å². The first-order valence-corrected chi connectivity index (χ1v) is 28.7. The summed E-state index contributed by atoms with van der Waals surface area (Å²) in [7, 11) is 9.48. The Morgan fingerprint density at radius 2 is 0.676 bits per heavy atom. The van der Waals surface area contributed by atoms with Crippen molar-refractivity contribution in [1.29, 1.82) is 0 Å². The van der Waals surface area contributed by atoms with Gasteiger partial charge in [-0.1, -0.05) is 260 Å². The third-order valence-electron chi connectivity index (χ3n) is 13.4. The Bertz CT molecular complexity index is 1310. The van der Waals surface area contributed by atoms with Crippen molar-refractivity contribution < 1.29 is 28.8 Å². The summed E-state index contributed by atoms with van der Waals surface area (Å²) in [4.78, 5) is 20.1. The summed E-state index contributed by atoms with van der Waals surface area (Å²) < 4.78 is 2.23. The van der Waals surface area contributed by atoms with E-state index in [1.807, 2.05) is 0 Å². The number of carbonyl (C=O) groups is 2. The second-order valence-corrected chi connectivity index (χ2v) is 21.6. The third kappa shape index (κ3) is 49.5. The Morgan fingerprint density at radius 1 is 0.397 bits per heavy atom. The van der Waals surface area contributed by atoms with Crippen LogP contribution in [0.3, 0.4) is 0 Å². The van der Waals surface area contributed by atoms with Crippen molar-refractivity contribution in [1.82, 2.24) is 0 Å². The normalized spacial score (nSPS) is 11.6. The molecule has 0 bridgehead atoms. The van der Waals surface area contributed by atoms with E-state index in [2.05, 4.69) is 103 Å². The molecular formula is C62H110N2O4. The summed E-state index contributed by atoms with van der Waals surface area (Å²) in [6, 6.07) is 21.9. The quantitative estimate of drug-likeness (QED) is 0.0377. The van der Waals surface area contributed by atoms with Crippen LogP contribution in [0.1, 0.15) is 256 Å². The van der Waals surface area contributed by atoms with Crippen molar-refractivity contribution in [2.75, 3.05) is 41.3 Å². The molecule has 0 aliphatic heterocycles. The maximum absolute atomic E-state index is 10.1. The topological polar surface area (TPSA) is 80.3 Å². The molecule has 0 saturated carbocycles. The minimum Gasteiger partial charge on any atom is -0.550 e. The highest BCUT2D eigenvalue weighted by Crippen LogP contribution is 2.17. The van der Waals surface area contributed by atoms with Crippen molar-refractivity contribution in [2.45, 2.75) is 258 Å². The standard InChI is InChI=1S/2C25H46N.C12H20O4/c2*1-4-5-6-7-8-9-10-11-12-13-14-15-16-20-23-26(2,3)24-25-21-18-17-19-22-25;13-11(14)9-7-5-3-1-2-4-6-8-10-12(15)16/h2*17-19,21-22H,4-16,20,23-24H2,1-3H3;7,9H,1-6,8,10H2,(H,13,14)(H,15,16)/q2*+1;/p-2/b;;9-7+. The summed E-state index contributed by atoms with van der Waals surface area (Å²) in [6.07, 6.45) is 49.6. The summed E-state index contributed by atoms with van der Waals surface area (Å²) in [5.41, 5.74) is 2.92. The number of rotatable bonds is 44. The lowest BCUT2D eigenvalue weighted by Crippen LogP contribution is -2.39. The van der Waals surface area contributed by atoms with Crippen LogP contribution in [0.15, 0.2) is 72.8 Å². The molecule has 0 saturated heterocycles. The molecule has 6 heteroatoms. The first-order valence-electron chi connectivity index (χ1n) is 28.7. The molecule has 2 rings (SSSR count). The lowest BCUT2D eigenvalue weighted by atomic mass is 10.0. The highest BCUT2D eigenvalue weighted by molar-refractivity contribution is 5.77. The van der Waals surface area contributed by atoms with Gasteiger partial charge in [0.05, 0.1) is 47.2 Å². The number of allylic oxidation sites excluding steroid dienone is 1. The van der Waals surface area contributed by atoms with Gasteiger partial charge in [0.15, 0.2) is 0 Å². The van der Waals surface area contributed by atoms with Crippen LogP contribution in [0.5, 0.6) is 0 Å². The third-order valence-corrected chi connectivity index (χ3v) is 13.4. The summed E-state index contributed by atoms with van der Waals surface area (Å²) in [6.45, 7) is 9.49. The van der Waals surface area contributed by atoms with Gasteiger partial charge in [0.25, 0.3) is 0 Å². The van der Waals surface area contributed by atoms with E-state index < -0.39 is 11.9 Å². The molecule has 68 heavy (non-hydrogen) atoms. The van der Waals surface area contributed by atoms with Gasteiger partial charge in [0.2, 0.25) is 0 Å². The molecule has 0 unspecified atom stereocenters. The number of benzene rings is 2. The fourth-order valence-corrected chi connectivity index (χ4v) is 9.20. The van der Waals surface area contributed by atoms with Gasteiger partial charge in [-0.15, -0.1) is 0 Å². The molecule has 0 amide bonds. The summed E-state index contributed by atoms with van der Waals surface area (Å²) >= 11 is 0. The Morgan fingerprint density at radius 3 is 0.971 bits per heavy atom. The Kier molecular flexibility index (Phi) is 45.6. The van der Waals surface area contributed by atoms with E-state index in [0.717, 1.165) is 66.7 Å². The fraction of sp³-hybridized carbons (Fsp3) is 0.742. The van der Waals surface area contributed by atoms with Crippen LogP contribution in [0, 0.1) is 0 Å². The Balaban J connectivity index is 0.00000102. The van der Waals surface area contributed by atoms with Crippen molar-refractivity contribution >= 4 is 11.9 Å². The highest BCUT2D eigenvalue weighted by Gasteiger charge is 2.16. The van der Waals surface area contributed by atoms with Gasteiger partial charge >= 0.3 is 0 Å². The maximum atomic E-state index is 10.1. The average Bonchev–Trinajstić information content (AvgIpc) is 3.30. The van der Waals surface area contributed by atoms with E-state index in [9.17, 15) is 19.8 Å². The molecule has 0 heterocycles. The predicted molar refractivity (Wildman–Crippen MR) is 291 cm³/mol. The molecule has 392 valence electrons. The van der Waals surface area contributed by atoms with Gasteiger partial charge in [-0.25, -0.2) is 0 Å². The first kappa shape index (κ1) is 65.0. The molecule has 0 aromatic heterocycles. The van der Waals surface area contributed by atoms with Gasteiger partial charge < -0.3 is 28.8 Å². The fourth-order valence-electron chi connectivity index (χ4n) is 9.20. The van der Waals surface area contributed by atoms with E-state index >= 15 is 0 Å². The molecule has 0 spiro atoms. The molecule has 2 aromatic carbocycles. The van der Waals surface area contributed by atoms with Crippen LogP contribution in [-0.2, 0) is 22.7 Å². The largest absolute Gasteiger partial charge is 0.550 e. The van der Waals surface area contributed by atoms with Crippen LogP contribution in [0.4, 0.5) is 0 Å². The van der Waals surface area contributed by atoms with Gasteiger partial charge in [-0.2, -0.15) is 0 Å². The molecule has 6 nitrogen and oxygen atoms in total. The predicted octanol–water partition coefficient (Wildman–Crippen LogP) is 15.7. The number of unbranched alkanes of at least 4 members (excludes halogenated alkanes) is 32. The summed E-state index contributed by atoms with van der Waals surface area (Å²) in [5, 5.41) is 20.1. The van der Waals surface area contributed by atoms with Crippen molar-refractivity contribution in [2.24, 2.45) is 0 Å². The van der Waals surface area contributed by atoms with Gasteiger partial charge in [0.1, 0.15) is 13.1 Å². The molecule has 2 aromatic rings. The van der Waals surface area contributed by atoms with Gasteiger partial charge in [-0.05, 0) is 57.4 Å². The lowest BCUT2D eigenvalue weighted by Gasteiger charge is -2.30. The monoisotopic (exact) mass is 947 g/mol. The van der Waals surface area contributed by atoms with Crippen LogP contribution in [0.25, 0.3) is 0 Å². The number of hydrogen-bond donors (Lipinski definition) is 0. The Labute approximate surface area is 422 Å². The number of hydrogen-bond acceptors (Lipinski definition) is 4. The van der Waals surface area contributed by atoms with Crippen molar-refractivity contribution in [3.8, 4) is 0 Å². The van der Waals surface area contributed by atoms with Crippen LogP contribution < -0.4 is 10.2 Å². The molecular weight excluding hydrogens is 837 g/mol. The molecule has 0 N–H and O–H groups in total. The minimum atomic E-state index is -1.15. The average molecular weight is 948 g/mol. The number of nitrogens with zero attached hydrogens (tertiary/aromatic N) is 2. The van der Waals surface area contributed by atoms with E-state index in [1.165, 1.54) is 204 Å². The second-order valence-electron chi connectivity index (χ2n) is 21.6. The highest BCUT2D eigenvalue weighted by atomic mass is 16.4. The molecule has 0 atom stereocenters. The minimum absolute atomic E-state index is 0.147. The molecule has 0 fully saturated rings. The van der Waals surface area contributed by atoms with Crippen molar-refractivity contribution in [3.05, 3.63) is 83.9 Å². The van der Waals surface area contributed by atoms with Crippen LogP contribution >= 0.6 is 0 Å². The number of quaternary nitrogens is 2. The van der Waals surface area contributed by atoms with E-state index in [-0.39, 0.29) is 6.42 Å². The zero-order valence-electron chi connectivity index (χ0n) is 45.7. The SMILES string of the molecule is CCCCCCCCCCCCCCCC[N+](C)(C)Cc1ccccc1.CCCCCCCCCCCCCCCC[N+](C)(C)Cc1ccccc1.O=C([O-])/C=C/CCCCCCCCC(=O)[O-]. The van der Waals surface area contributed by atoms with Crippen LogP contribution in [0.2, 0.25) is 0 Å². The first-order chi connectivity index (χ1) is 32.9. The van der Waals surface area contributed by atoms with E-state index in [1.54, 1.807) is 6.08 Å². The number of aliphatic carboxylic acids is 2. The number of carbonyl (C=O) groups excluding carboxylic acids is 2. The number of carboxylic acid groups (broad SMARTS) is 2.